The molecule has 8 nitrogen and oxygen atoms in total. The maximum absolute atomic E-state index is 12.8. The molecule has 2 fully saturated rings. The standard InChI is InChI=1S/C19H26ClN5O3/c1-23-8-10-24(11-9-23)13-18(27)25-7-6-21-19(28)16(25)12-17(26)22-15-4-2-14(20)3-5-15/h2-5,16H,6-13H2,1H3,(H,21,28)(H,22,26). The van der Waals surface area contributed by atoms with Crippen LogP contribution >= 0.6 is 11.6 Å². The first-order valence-corrected chi connectivity index (χ1v) is 9.83. The molecule has 0 aromatic heterocycles. The molecule has 0 bridgehead atoms. The second-order valence-corrected chi connectivity index (χ2v) is 7.67. The Labute approximate surface area is 169 Å². The highest BCUT2D eigenvalue weighted by molar-refractivity contribution is 6.30. The molecule has 2 heterocycles. The average Bonchev–Trinajstić information content (AvgIpc) is 2.67. The minimum Gasteiger partial charge on any atom is -0.353 e. The molecule has 2 saturated heterocycles. The predicted octanol–water partition coefficient (Wildman–Crippen LogP) is 0.243. The Morgan fingerprint density at radius 1 is 1.14 bits per heavy atom. The number of anilines is 1. The molecular formula is C19H26ClN5O3. The van der Waals surface area contributed by atoms with Crippen LogP contribution in [0, 0.1) is 0 Å². The Morgan fingerprint density at radius 2 is 1.82 bits per heavy atom. The van der Waals surface area contributed by atoms with Gasteiger partial charge in [-0.25, -0.2) is 0 Å². The number of hydrogen-bond acceptors (Lipinski definition) is 5. The molecule has 0 radical (unpaired) electrons. The highest BCUT2D eigenvalue weighted by Gasteiger charge is 2.35. The van der Waals surface area contributed by atoms with Crippen LogP contribution in [0.2, 0.25) is 5.02 Å². The molecule has 2 aliphatic heterocycles. The third-order valence-corrected chi connectivity index (χ3v) is 5.36. The Kier molecular flexibility index (Phi) is 6.88. The molecule has 1 unspecified atom stereocenters. The topological polar surface area (TPSA) is 85.0 Å². The van der Waals surface area contributed by atoms with Crippen LogP contribution in [-0.2, 0) is 14.4 Å². The van der Waals surface area contributed by atoms with E-state index in [1.807, 2.05) is 0 Å². The lowest BCUT2D eigenvalue weighted by atomic mass is 10.1. The van der Waals surface area contributed by atoms with Gasteiger partial charge in [0.25, 0.3) is 0 Å². The van der Waals surface area contributed by atoms with Crippen LogP contribution < -0.4 is 10.6 Å². The van der Waals surface area contributed by atoms with E-state index >= 15 is 0 Å². The zero-order chi connectivity index (χ0) is 20.1. The molecule has 28 heavy (non-hydrogen) atoms. The van der Waals surface area contributed by atoms with Crippen molar-refractivity contribution in [3.63, 3.8) is 0 Å². The van der Waals surface area contributed by atoms with Gasteiger partial charge in [0.15, 0.2) is 0 Å². The smallest absolute Gasteiger partial charge is 0.243 e. The van der Waals surface area contributed by atoms with Gasteiger partial charge in [0.1, 0.15) is 6.04 Å². The fourth-order valence-corrected chi connectivity index (χ4v) is 3.55. The van der Waals surface area contributed by atoms with E-state index < -0.39 is 6.04 Å². The number of rotatable bonds is 5. The highest BCUT2D eigenvalue weighted by atomic mass is 35.5. The van der Waals surface area contributed by atoms with Crippen LogP contribution in [-0.4, -0.2) is 91.3 Å². The average molecular weight is 408 g/mol. The summed E-state index contributed by atoms with van der Waals surface area (Å²) in [6, 6.07) is 5.95. The molecule has 1 aromatic carbocycles. The van der Waals surface area contributed by atoms with Gasteiger partial charge in [0, 0.05) is 50.0 Å². The first-order chi connectivity index (χ1) is 13.4. The maximum Gasteiger partial charge on any atom is 0.243 e. The van der Waals surface area contributed by atoms with E-state index in [0.717, 1.165) is 26.2 Å². The zero-order valence-electron chi connectivity index (χ0n) is 16.0. The minimum atomic E-state index is -0.791. The number of hydrogen-bond donors (Lipinski definition) is 2. The molecular weight excluding hydrogens is 382 g/mol. The quantitative estimate of drug-likeness (QED) is 0.730. The summed E-state index contributed by atoms with van der Waals surface area (Å²) in [6.07, 6.45) is -0.0804. The summed E-state index contributed by atoms with van der Waals surface area (Å²) >= 11 is 5.85. The first-order valence-electron chi connectivity index (χ1n) is 9.46. The van der Waals surface area contributed by atoms with E-state index in [-0.39, 0.29) is 30.7 Å². The van der Waals surface area contributed by atoms with E-state index in [1.54, 1.807) is 29.2 Å². The van der Waals surface area contributed by atoms with Crippen molar-refractivity contribution in [2.45, 2.75) is 12.5 Å². The molecule has 0 saturated carbocycles. The monoisotopic (exact) mass is 407 g/mol. The predicted molar refractivity (Wildman–Crippen MR) is 107 cm³/mol. The zero-order valence-corrected chi connectivity index (χ0v) is 16.7. The van der Waals surface area contributed by atoms with Crippen molar-refractivity contribution in [1.29, 1.82) is 0 Å². The number of amides is 3. The van der Waals surface area contributed by atoms with Crippen LogP contribution in [0.3, 0.4) is 0 Å². The molecule has 2 aliphatic rings. The number of benzene rings is 1. The van der Waals surface area contributed by atoms with E-state index in [1.165, 1.54) is 0 Å². The normalized spacial score (nSPS) is 21.3. The van der Waals surface area contributed by atoms with E-state index in [9.17, 15) is 14.4 Å². The van der Waals surface area contributed by atoms with E-state index in [2.05, 4.69) is 27.5 Å². The highest BCUT2D eigenvalue weighted by Crippen LogP contribution is 2.16. The lowest BCUT2D eigenvalue weighted by Gasteiger charge is -2.37. The van der Waals surface area contributed by atoms with Gasteiger partial charge < -0.3 is 20.4 Å². The van der Waals surface area contributed by atoms with E-state index in [0.29, 0.717) is 23.8 Å². The number of nitrogens with zero attached hydrogens (tertiary/aromatic N) is 3. The number of nitrogens with one attached hydrogen (secondary N) is 2. The molecule has 1 atom stereocenters. The van der Waals surface area contributed by atoms with Gasteiger partial charge in [-0.3, -0.25) is 19.3 Å². The third-order valence-electron chi connectivity index (χ3n) is 5.11. The first kappa shape index (κ1) is 20.6. The number of carbonyl (C=O) groups is 3. The summed E-state index contributed by atoms with van der Waals surface area (Å²) in [4.78, 5) is 43.5. The fourth-order valence-electron chi connectivity index (χ4n) is 3.43. The second kappa shape index (κ2) is 9.36. The van der Waals surface area contributed by atoms with Gasteiger partial charge in [0.05, 0.1) is 13.0 Å². The molecule has 9 heteroatoms. The van der Waals surface area contributed by atoms with Crippen molar-refractivity contribution in [3.05, 3.63) is 29.3 Å². The lowest BCUT2D eigenvalue weighted by Crippen LogP contribution is -2.60. The minimum absolute atomic E-state index is 0.0804. The summed E-state index contributed by atoms with van der Waals surface area (Å²) in [5.41, 5.74) is 0.598. The number of likely N-dealkylation sites (N-methyl/N-ethyl adjacent to an activating group) is 1. The van der Waals surface area contributed by atoms with Gasteiger partial charge in [-0.05, 0) is 31.3 Å². The number of piperazine rings is 2. The van der Waals surface area contributed by atoms with Crippen LogP contribution in [0.4, 0.5) is 5.69 Å². The molecule has 0 spiro atoms. The summed E-state index contributed by atoms with van der Waals surface area (Å²) in [5.74, 6) is -0.713. The van der Waals surface area contributed by atoms with Gasteiger partial charge in [-0.1, -0.05) is 11.6 Å². The molecule has 1 aromatic rings. The van der Waals surface area contributed by atoms with E-state index in [4.69, 9.17) is 11.6 Å². The van der Waals surface area contributed by atoms with Gasteiger partial charge in [-0.2, -0.15) is 0 Å². The van der Waals surface area contributed by atoms with Gasteiger partial charge in [0.2, 0.25) is 17.7 Å². The van der Waals surface area contributed by atoms with Crippen LogP contribution in [0.1, 0.15) is 6.42 Å². The summed E-state index contributed by atoms with van der Waals surface area (Å²) < 4.78 is 0. The Bertz CT molecular complexity index is 719. The van der Waals surface area contributed by atoms with Crippen LogP contribution in [0.5, 0.6) is 0 Å². The summed E-state index contributed by atoms with van der Waals surface area (Å²) in [6.45, 7) is 4.58. The van der Waals surface area contributed by atoms with Crippen molar-refractivity contribution in [2.75, 3.05) is 58.2 Å². The Hall–Kier alpha value is -2.16. The van der Waals surface area contributed by atoms with Crippen LogP contribution in [0.15, 0.2) is 24.3 Å². The largest absolute Gasteiger partial charge is 0.353 e. The maximum atomic E-state index is 12.8. The summed E-state index contributed by atoms with van der Waals surface area (Å²) in [7, 11) is 2.06. The van der Waals surface area contributed by atoms with Crippen molar-refractivity contribution in [1.82, 2.24) is 20.0 Å². The fraction of sp³-hybridized carbons (Fsp3) is 0.526. The molecule has 3 amide bonds. The molecule has 3 rings (SSSR count). The molecule has 152 valence electrons. The van der Waals surface area contributed by atoms with Crippen molar-refractivity contribution < 1.29 is 14.4 Å². The Balaban J connectivity index is 1.59. The second-order valence-electron chi connectivity index (χ2n) is 7.23. The van der Waals surface area contributed by atoms with Crippen molar-refractivity contribution in [3.8, 4) is 0 Å². The lowest BCUT2D eigenvalue weighted by molar-refractivity contribution is -0.145. The Morgan fingerprint density at radius 3 is 2.50 bits per heavy atom. The van der Waals surface area contributed by atoms with Crippen molar-refractivity contribution in [2.24, 2.45) is 0 Å². The number of carbonyl (C=O) groups excluding carboxylic acids is 3. The molecule has 0 aliphatic carbocycles. The molecule has 2 N–H and O–H groups in total. The van der Waals surface area contributed by atoms with Crippen molar-refractivity contribution >= 4 is 35.0 Å². The number of halogens is 1. The van der Waals surface area contributed by atoms with Gasteiger partial charge in [-0.15, -0.1) is 0 Å². The third kappa shape index (κ3) is 5.43. The van der Waals surface area contributed by atoms with Gasteiger partial charge >= 0.3 is 0 Å². The van der Waals surface area contributed by atoms with Crippen LogP contribution in [0.25, 0.3) is 0 Å². The SMILES string of the molecule is CN1CCN(CC(=O)N2CCNC(=O)C2CC(=O)Nc2ccc(Cl)cc2)CC1. The summed E-state index contributed by atoms with van der Waals surface area (Å²) in [5, 5.41) is 6.08.